The summed E-state index contributed by atoms with van der Waals surface area (Å²) in [7, 11) is 0. The van der Waals surface area contributed by atoms with Crippen molar-refractivity contribution in [3.8, 4) is 0 Å². The Balaban J connectivity index is 2.55. The van der Waals surface area contributed by atoms with E-state index in [2.05, 4.69) is 11.9 Å². The number of rotatable bonds is 9. The summed E-state index contributed by atoms with van der Waals surface area (Å²) >= 11 is 0. The summed E-state index contributed by atoms with van der Waals surface area (Å²) in [5.41, 5.74) is 0.928. The molecule has 1 rings (SSSR count). The van der Waals surface area contributed by atoms with Crippen LogP contribution in [0, 0.1) is 5.92 Å². The van der Waals surface area contributed by atoms with E-state index in [-0.39, 0.29) is 24.4 Å². The number of hydrogen-bond donors (Lipinski definition) is 1. The van der Waals surface area contributed by atoms with Crippen LogP contribution in [0.15, 0.2) is 43.0 Å². The second-order valence-corrected chi connectivity index (χ2v) is 5.67. The van der Waals surface area contributed by atoms with Gasteiger partial charge < -0.3 is 10.1 Å². The molecule has 1 amide bonds. The lowest BCUT2D eigenvalue weighted by Crippen LogP contribution is -2.42. The summed E-state index contributed by atoms with van der Waals surface area (Å²) in [6, 6.07) is 8.89. The van der Waals surface area contributed by atoms with E-state index in [1.165, 1.54) is 0 Å². The van der Waals surface area contributed by atoms with Crippen molar-refractivity contribution in [1.29, 1.82) is 0 Å². The summed E-state index contributed by atoms with van der Waals surface area (Å²) in [6.07, 6.45) is 3.18. The topological polar surface area (TPSA) is 55.4 Å². The van der Waals surface area contributed by atoms with E-state index in [9.17, 15) is 9.59 Å². The van der Waals surface area contributed by atoms with Gasteiger partial charge in [-0.15, -0.1) is 6.58 Å². The fraction of sp³-hybridized carbons (Fsp3) is 0.444. The number of amides is 1. The Kier molecular flexibility index (Phi) is 7.97. The van der Waals surface area contributed by atoms with Crippen molar-refractivity contribution in [1.82, 2.24) is 5.32 Å². The van der Waals surface area contributed by atoms with Crippen LogP contribution >= 0.6 is 0 Å². The van der Waals surface area contributed by atoms with Gasteiger partial charge in [0.1, 0.15) is 12.6 Å². The standard InChI is InChI=1S/C18H25NO3/c1-4-5-11-17(20)19-16(12-14(2)3)18(21)22-13-15-9-7-6-8-10-15/h4,6-10,14,16H,1,5,11-13H2,2-3H3,(H,19,20)/t16-/m0/s1. The molecule has 120 valence electrons. The zero-order valence-electron chi connectivity index (χ0n) is 13.4. The molecule has 1 aromatic carbocycles. The monoisotopic (exact) mass is 303 g/mol. The van der Waals surface area contributed by atoms with E-state index in [1.54, 1.807) is 6.08 Å². The number of hydrogen-bond acceptors (Lipinski definition) is 3. The van der Waals surface area contributed by atoms with E-state index in [0.29, 0.717) is 19.3 Å². The highest BCUT2D eigenvalue weighted by molar-refractivity contribution is 5.84. The molecule has 0 radical (unpaired) electrons. The van der Waals surface area contributed by atoms with Crippen molar-refractivity contribution >= 4 is 11.9 Å². The van der Waals surface area contributed by atoms with Gasteiger partial charge in [-0.25, -0.2) is 4.79 Å². The first-order valence-corrected chi connectivity index (χ1v) is 7.63. The molecule has 0 unspecified atom stereocenters. The van der Waals surface area contributed by atoms with E-state index >= 15 is 0 Å². The van der Waals surface area contributed by atoms with Gasteiger partial charge in [-0.05, 0) is 24.3 Å². The molecule has 0 aliphatic heterocycles. The lowest BCUT2D eigenvalue weighted by atomic mass is 10.0. The molecule has 0 spiro atoms. The minimum absolute atomic E-state index is 0.151. The lowest BCUT2D eigenvalue weighted by Gasteiger charge is -2.19. The molecule has 0 aromatic heterocycles. The third kappa shape index (κ3) is 7.07. The molecule has 0 fully saturated rings. The van der Waals surface area contributed by atoms with Crippen molar-refractivity contribution < 1.29 is 14.3 Å². The van der Waals surface area contributed by atoms with E-state index in [4.69, 9.17) is 4.74 Å². The summed E-state index contributed by atoms with van der Waals surface area (Å²) < 4.78 is 5.32. The molecule has 22 heavy (non-hydrogen) atoms. The first kappa shape index (κ1) is 18.0. The first-order chi connectivity index (χ1) is 10.5. The van der Waals surface area contributed by atoms with Crippen LogP contribution < -0.4 is 5.32 Å². The zero-order chi connectivity index (χ0) is 16.4. The van der Waals surface area contributed by atoms with Gasteiger partial charge >= 0.3 is 5.97 Å². The SMILES string of the molecule is C=CCCC(=O)N[C@@H](CC(C)C)C(=O)OCc1ccccc1. The van der Waals surface area contributed by atoms with Crippen LogP contribution in [0.25, 0.3) is 0 Å². The number of carbonyl (C=O) groups is 2. The Bertz CT molecular complexity index is 482. The van der Waals surface area contributed by atoms with Crippen LogP contribution in [0.3, 0.4) is 0 Å². The zero-order valence-corrected chi connectivity index (χ0v) is 13.4. The molecule has 0 heterocycles. The molecule has 1 N–H and O–H groups in total. The molecular formula is C18H25NO3. The quantitative estimate of drug-likeness (QED) is 0.563. The number of ether oxygens (including phenoxy) is 1. The second-order valence-electron chi connectivity index (χ2n) is 5.67. The predicted octanol–water partition coefficient (Wildman–Crippen LogP) is 3.23. The molecule has 4 nitrogen and oxygen atoms in total. The third-order valence-electron chi connectivity index (χ3n) is 3.13. The van der Waals surface area contributed by atoms with E-state index < -0.39 is 6.04 Å². The van der Waals surface area contributed by atoms with E-state index in [0.717, 1.165) is 5.56 Å². The van der Waals surface area contributed by atoms with Crippen molar-refractivity contribution in [2.75, 3.05) is 0 Å². The van der Waals surface area contributed by atoms with Crippen molar-refractivity contribution in [2.24, 2.45) is 5.92 Å². The first-order valence-electron chi connectivity index (χ1n) is 7.63. The van der Waals surface area contributed by atoms with Gasteiger partial charge in [-0.2, -0.15) is 0 Å². The van der Waals surface area contributed by atoms with Crippen molar-refractivity contribution in [2.45, 2.75) is 45.8 Å². The Labute approximate surface area is 132 Å². The Hall–Kier alpha value is -2.10. The van der Waals surface area contributed by atoms with Crippen LogP contribution in [0.5, 0.6) is 0 Å². The van der Waals surface area contributed by atoms with Crippen molar-refractivity contribution in [3.63, 3.8) is 0 Å². The lowest BCUT2D eigenvalue weighted by molar-refractivity contribution is -0.149. The van der Waals surface area contributed by atoms with E-state index in [1.807, 2.05) is 44.2 Å². The number of carbonyl (C=O) groups excluding carboxylic acids is 2. The number of esters is 1. The Morgan fingerprint density at radius 2 is 1.95 bits per heavy atom. The molecule has 0 aliphatic rings. The molecule has 1 aromatic rings. The van der Waals surface area contributed by atoms with Gasteiger partial charge in [0.2, 0.25) is 5.91 Å². The Morgan fingerprint density at radius 1 is 1.27 bits per heavy atom. The Morgan fingerprint density at radius 3 is 2.55 bits per heavy atom. The van der Waals surface area contributed by atoms with Gasteiger partial charge in [0.15, 0.2) is 0 Å². The van der Waals surface area contributed by atoms with Gasteiger partial charge in [-0.1, -0.05) is 50.3 Å². The summed E-state index contributed by atoms with van der Waals surface area (Å²) in [4.78, 5) is 24.0. The summed E-state index contributed by atoms with van der Waals surface area (Å²) in [6.45, 7) is 7.82. The molecular weight excluding hydrogens is 278 g/mol. The van der Waals surface area contributed by atoms with Crippen LogP contribution in [-0.2, 0) is 20.9 Å². The average molecular weight is 303 g/mol. The van der Waals surface area contributed by atoms with Crippen LogP contribution in [0.2, 0.25) is 0 Å². The van der Waals surface area contributed by atoms with Gasteiger partial charge in [-0.3, -0.25) is 4.79 Å². The maximum atomic E-state index is 12.2. The minimum Gasteiger partial charge on any atom is -0.459 e. The average Bonchev–Trinajstić information content (AvgIpc) is 2.50. The molecule has 1 atom stereocenters. The van der Waals surface area contributed by atoms with Crippen LogP contribution in [0.1, 0.15) is 38.7 Å². The molecule has 0 saturated carbocycles. The highest BCUT2D eigenvalue weighted by Gasteiger charge is 2.23. The minimum atomic E-state index is -0.596. The predicted molar refractivity (Wildman–Crippen MR) is 87.1 cm³/mol. The van der Waals surface area contributed by atoms with Crippen molar-refractivity contribution in [3.05, 3.63) is 48.6 Å². The van der Waals surface area contributed by atoms with Gasteiger partial charge in [0.05, 0.1) is 0 Å². The van der Waals surface area contributed by atoms with Crippen LogP contribution in [-0.4, -0.2) is 17.9 Å². The number of benzene rings is 1. The molecule has 0 aliphatic carbocycles. The molecule has 4 heteroatoms. The number of allylic oxidation sites excluding steroid dienone is 1. The normalized spacial score (nSPS) is 11.8. The number of nitrogens with one attached hydrogen (secondary N) is 1. The fourth-order valence-corrected chi connectivity index (χ4v) is 2.01. The molecule has 0 bridgehead atoms. The highest BCUT2D eigenvalue weighted by Crippen LogP contribution is 2.09. The maximum absolute atomic E-state index is 12.2. The molecule has 0 saturated heterocycles. The second kappa shape index (κ2) is 9.77. The smallest absolute Gasteiger partial charge is 0.328 e. The third-order valence-corrected chi connectivity index (χ3v) is 3.13. The van der Waals surface area contributed by atoms with Crippen LogP contribution in [0.4, 0.5) is 0 Å². The fourth-order valence-electron chi connectivity index (χ4n) is 2.01. The summed E-state index contributed by atoms with van der Waals surface area (Å²) in [5.74, 6) is -0.249. The summed E-state index contributed by atoms with van der Waals surface area (Å²) in [5, 5.41) is 2.76. The largest absolute Gasteiger partial charge is 0.459 e. The van der Waals surface area contributed by atoms with Gasteiger partial charge in [0, 0.05) is 6.42 Å². The highest BCUT2D eigenvalue weighted by atomic mass is 16.5. The van der Waals surface area contributed by atoms with Gasteiger partial charge in [0.25, 0.3) is 0 Å². The maximum Gasteiger partial charge on any atom is 0.328 e.